The SMILES string of the molecule is CC1CC(CO)=C[C@@H](c2ccccc2)N1. The van der Waals surface area contributed by atoms with Gasteiger partial charge in [-0.2, -0.15) is 0 Å². The van der Waals surface area contributed by atoms with Gasteiger partial charge in [-0.25, -0.2) is 0 Å². The van der Waals surface area contributed by atoms with Gasteiger partial charge in [0.25, 0.3) is 0 Å². The second-order valence-corrected chi connectivity index (χ2v) is 4.14. The summed E-state index contributed by atoms with van der Waals surface area (Å²) in [6, 6.07) is 11.0. The monoisotopic (exact) mass is 203 g/mol. The molecule has 2 nitrogen and oxygen atoms in total. The zero-order valence-electron chi connectivity index (χ0n) is 8.98. The first kappa shape index (κ1) is 10.4. The molecule has 0 fully saturated rings. The Morgan fingerprint density at radius 1 is 1.33 bits per heavy atom. The Labute approximate surface area is 90.6 Å². The molecule has 1 aliphatic rings. The van der Waals surface area contributed by atoms with Crippen LogP contribution in [0.1, 0.15) is 24.9 Å². The van der Waals surface area contributed by atoms with Crippen LogP contribution in [-0.4, -0.2) is 17.8 Å². The molecule has 0 aromatic heterocycles. The van der Waals surface area contributed by atoms with Gasteiger partial charge in [0, 0.05) is 6.04 Å². The van der Waals surface area contributed by atoms with E-state index < -0.39 is 0 Å². The first-order valence-corrected chi connectivity index (χ1v) is 5.41. The van der Waals surface area contributed by atoms with Gasteiger partial charge in [0.05, 0.1) is 12.6 Å². The van der Waals surface area contributed by atoms with Gasteiger partial charge in [-0.1, -0.05) is 36.4 Å². The second kappa shape index (κ2) is 4.60. The van der Waals surface area contributed by atoms with Crippen molar-refractivity contribution in [1.29, 1.82) is 0 Å². The molecule has 2 atom stereocenters. The number of aliphatic hydroxyl groups excluding tert-OH is 1. The van der Waals surface area contributed by atoms with Crippen molar-refractivity contribution in [3.8, 4) is 0 Å². The normalized spacial score (nSPS) is 26.1. The van der Waals surface area contributed by atoms with Gasteiger partial charge in [0.15, 0.2) is 0 Å². The van der Waals surface area contributed by atoms with Crippen molar-refractivity contribution in [2.24, 2.45) is 0 Å². The number of nitrogens with one attached hydrogen (secondary N) is 1. The molecule has 15 heavy (non-hydrogen) atoms. The van der Waals surface area contributed by atoms with Crippen LogP contribution in [0.25, 0.3) is 0 Å². The van der Waals surface area contributed by atoms with Crippen molar-refractivity contribution in [3.63, 3.8) is 0 Å². The van der Waals surface area contributed by atoms with Crippen LogP contribution in [0.3, 0.4) is 0 Å². The highest BCUT2D eigenvalue weighted by atomic mass is 16.3. The predicted molar refractivity (Wildman–Crippen MR) is 61.6 cm³/mol. The van der Waals surface area contributed by atoms with E-state index in [4.69, 9.17) is 0 Å². The van der Waals surface area contributed by atoms with Crippen molar-refractivity contribution >= 4 is 0 Å². The third-order valence-electron chi connectivity index (χ3n) is 2.80. The van der Waals surface area contributed by atoms with Crippen LogP contribution in [0.15, 0.2) is 42.0 Å². The first-order valence-electron chi connectivity index (χ1n) is 5.41. The molecule has 2 N–H and O–H groups in total. The zero-order chi connectivity index (χ0) is 10.7. The van der Waals surface area contributed by atoms with E-state index in [1.165, 1.54) is 5.56 Å². The van der Waals surface area contributed by atoms with Crippen LogP contribution in [-0.2, 0) is 0 Å². The molecule has 1 aliphatic heterocycles. The minimum atomic E-state index is 0.176. The van der Waals surface area contributed by atoms with Gasteiger partial charge in [0.2, 0.25) is 0 Å². The minimum absolute atomic E-state index is 0.176. The predicted octanol–water partition coefficient (Wildman–Crippen LogP) is 2.03. The number of hydrogen-bond donors (Lipinski definition) is 2. The number of rotatable bonds is 2. The molecule has 1 unspecified atom stereocenters. The van der Waals surface area contributed by atoms with E-state index in [1.54, 1.807) is 0 Å². The molecule has 2 heteroatoms. The molecule has 0 saturated carbocycles. The van der Waals surface area contributed by atoms with E-state index in [1.807, 2.05) is 18.2 Å². The van der Waals surface area contributed by atoms with Crippen molar-refractivity contribution in [2.45, 2.75) is 25.4 Å². The standard InChI is InChI=1S/C13H17NO/c1-10-7-11(9-15)8-13(14-10)12-5-3-2-4-6-12/h2-6,8,10,13-15H,7,9H2,1H3/t10?,13-/m0/s1. The smallest absolute Gasteiger partial charge is 0.0643 e. The Kier molecular flexibility index (Phi) is 3.19. The maximum absolute atomic E-state index is 9.18. The highest BCUT2D eigenvalue weighted by Crippen LogP contribution is 2.23. The summed E-state index contributed by atoms with van der Waals surface area (Å²) in [6.07, 6.45) is 3.08. The quantitative estimate of drug-likeness (QED) is 0.721. The number of benzene rings is 1. The molecule has 0 radical (unpaired) electrons. The summed E-state index contributed by atoms with van der Waals surface area (Å²) >= 11 is 0. The third-order valence-corrected chi connectivity index (χ3v) is 2.80. The first-order chi connectivity index (χ1) is 7.29. The number of aliphatic hydroxyl groups is 1. The summed E-state index contributed by atoms with van der Waals surface area (Å²) in [5.41, 5.74) is 2.39. The van der Waals surface area contributed by atoms with Gasteiger partial charge < -0.3 is 10.4 Å². The summed E-state index contributed by atoms with van der Waals surface area (Å²) in [7, 11) is 0. The molecular formula is C13H17NO. The molecule has 1 aromatic carbocycles. The Bertz CT molecular complexity index is 345. The Hall–Kier alpha value is -1.12. The average molecular weight is 203 g/mol. The van der Waals surface area contributed by atoms with E-state index in [0.29, 0.717) is 6.04 Å². The zero-order valence-corrected chi connectivity index (χ0v) is 8.98. The Morgan fingerprint density at radius 3 is 2.73 bits per heavy atom. The van der Waals surface area contributed by atoms with Crippen LogP contribution >= 0.6 is 0 Å². The van der Waals surface area contributed by atoms with Crippen LogP contribution < -0.4 is 5.32 Å². The minimum Gasteiger partial charge on any atom is -0.392 e. The molecule has 0 amide bonds. The fourth-order valence-corrected chi connectivity index (χ4v) is 2.08. The fraction of sp³-hybridized carbons (Fsp3) is 0.385. The molecule has 0 aliphatic carbocycles. The van der Waals surface area contributed by atoms with E-state index >= 15 is 0 Å². The summed E-state index contributed by atoms with van der Waals surface area (Å²) in [5, 5.41) is 12.7. The highest BCUT2D eigenvalue weighted by molar-refractivity contribution is 5.27. The maximum atomic E-state index is 9.18. The van der Waals surface area contributed by atoms with E-state index in [2.05, 4.69) is 30.4 Å². The van der Waals surface area contributed by atoms with Crippen molar-refractivity contribution < 1.29 is 5.11 Å². The molecule has 1 heterocycles. The van der Waals surface area contributed by atoms with Crippen LogP contribution in [0, 0.1) is 0 Å². The van der Waals surface area contributed by atoms with Gasteiger partial charge in [-0.15, -0.1) is 0 Å². The Balaban J connectivity index is 2.22. The van der Waals surface area contributed by atoms with Crippen molar-refractivity contribution in [3.05, 3.63) is 47.5 Å². The largest absolute Gasteiger partial charge is 0.392 e. The average Bonchev–Trinajstić information content (AvgIpc) is 2.29. The van der Waals surface area contributed by atoms with Gasteiger partial charge >= 0.3 is 0 Å². The summed E-state index contributed by atoms with van der Waals surface area (Å²) in [6.45, 7) is 2.33. The van der Waals surface area contributed by atoms with Crippen molar-refractivity contribution in [1.82, 2.24) is 5.32 Å². The molecule has 80 valence electrons. The summed E-state index contributed by atoms with van der Waals surface area (Å²) < 4.78 is 0. The lowest BCUT2D eigenvalue weighted by Gasteiger charge is -2.27. The lowest BCUT2D eigenvalue weighted by atomic mass is 9.95. The molecule has 0 spiro atoms. The lowest BCUT2D eigenvalue weighted by Crippen LogP contribution is -2.34. The van der Waals surface area contributed by atoms with E-state index in [0.717, 1.165) is 12.0 Å². The van der Waals surface area contributed by atoms with E-state index in [9.17, 15) is 5.11 Å². The maximum Gasteiger partial charge on any atom is 0.0643 e. The van der Waals surface area contributed by atoms with E-state index in [-0.39, 0.29) is 12.6 Å². The third kappa shape index (κ3) is 2.46. The highest BCUT2D eigenvalue weighted by Gasteiger charge is 2.18. The van der Waals surface area contributed by atoms with Crippen molar-refractivity contribution in [2.75, 3.05) is 6.61 Å². The van der Waals surface area contributed by atoms with Crippen LogP contribution in [0.4, 0.5) is 0 Å². The molecule has 2 rings (SSSR count). The lowest BCUT2D eigenvalue weighted by molar-refractivity contribution is 0.313. The van der Waals surface area contributed by atoms with Gasteiger partial charge in [0.1, 0.15) is 0 Å². The number of hydrogen-bond acceptors (Lipinski definition) is 2. The molecular weight excluding hydrogens is 186 g/mol. The van der Waals surface area contributed by atoms with Crippen LogP contribution in [0.2, 0.25) is 0 Å². The molecule has 0 saturated heterocycles. The topological polar surface area (TPSA) is 32.3 Å². The van der Waals surface area contributed by atoms with Gasteiger partial charge in [-0.05, 0) is 24.5 Å². The summed E-state index contributed by atoms with van der Waals surface area (Å²) in [4.78, 5) is 0. The van der Waals surface area contributed by atoms with Crippen LogP contribution in [0.5, 0.6) is 0 Å². The second-order valence-electron chi connectivity index (χ2n) is 4.14. The molecule has 1 aromatic rings. The van der Waals surface area contributed by atoms with Gasteiger partial charge in [-0.3, -0.25) is 0 Å². The molecule has 0 bridgehead atoms. The fourth-order valence-electron chi connectivity index (χ4n) is 2.08. The Morgan fingerprint density at radius 2 is 2.07 bits per heavy atom. The summed E-state index contributed by atoms with van der Waals surface area (Å²) in [5.74, 6) is 0.